The zero-order chi connectivity index (χ0) is 15.1. The minimum absolute atomic E-state index is 0.171. The number of nitrogens with zero attached hydrogens (tertiary/aromatic N) is 2. The van der Waals surface area contributed by atoms with Crippen LogP contribution in [0.2, 0.25) is 5.02 Å². The average Bonchev–Trinajstić information content (AvgIpc) is 2.94. The summed E-state index contributed by atoms with van der Waals surface area (Å²) in [7, 11) is 0. The predicted octanol–water partition coefficient (Wildman–Crippen LogP) is 3.19. The molecule has 0 radical (unpaired) electrons. The third-order valence-corrected chi connectivity index (χ3v) is 4.15. The Labute approximate surface area is 134 Å². The number of benzene rings is 1. The van der Waals surface area contributed by atoms with Gasteiger partial charge in [0.05, 0.1) is 12.3 Å². The fourth-order valence-corrected chi connectivity index (χ4v) is 2.71. The maximum atomic E-state index is 8.99. The molecule has 21 heavy (non-hydrogen) atoms. The van der Waals surface area contributed by atoms with E-state index in [1.54, 1.807) is 23.5 Å². The van der Waals surface area contributed by atoms with Crippen molar-refractivity contribution in [3.8, 4) is 5.75 Å². The molecule has 0 aliphatic carbocycles. The molecule has 0 fully saturated rings. The van der Waals surface area contributed by atoms with E-state index in [1.807, 2.05) is 17.5 Å². The lowest BCUT2D eigenvalue weighted by atomic mass is 10.3. The van der Waals surface area contributed by atoms with Crippen LogP contribution in [0.15, 0.2) is 29.6 Å². The molecular weight excluding hydrogens is 308 g/mol. The first-order chi connectivity index (χ1) is 10.2. The molecule has 0 amide bonds. The maximum Gasteiger partial charge on any atom is 0.140 e. The van der Waals surface area contributed by atoms with Gasteiger partial charge in [-0.15, -0.1) is 11.3 Å². The van der Waals surface area contributed by atoms with E-state index >= 15 is 0 Å². The fourth-order valence-electron chi connectivity index (χ4n) is 1.88. The second-order valence-corrected chi connectivity index (χ2v) is 5.95. The van der Waals surface area contributed by atoms with E-state index in [-0.39, 0.29) is 6.61 Å². The van der Waals surface area contributed by atoms with Crippen molar-refractivity contribution in [3.63, 3.8) is 0 Å². The Hall–Kier alpha value is -1.14. The summed E-state index contributed by atoms with van der Waals surface area (Å²) in [5, 5.41) is 12.7. The highest BCUT2D eigenvalue weighted by Gasteiger charge is 2.07. The lowest BCUT2D eigenvalue weighted by molar-refractivity contribution is 0.195. The molecule has 2 aromatic rings. The van der Waals surface area contributed by atoms with Crippen molar-refractivity contribution in [2.24, 2.45) is 0 Å². The zero-order valence-corrected chi connectivity index (χ0v) is 13.5. The van der Waals surface area contributed by atoms with Gasteiger partial charge in [0, 0.05) is 23.5 Å². The molecule has 0 saturated carbocycles. The summed E-state index contributed by atoms with van der Waals surface area (Å²) >= 11 is 7.42. The molecule has 0 bridgehead atoms. The number of likely N-dealkylation sites (N-methyl/N-ethyl adjacent to an activating group) is 1. The van der Waals surface area contributed by atoms with Crippen LogP contribution in [-0.2, 0) is 13.2 Å². The van der Waals surface area contributed by atoms with E-state index in [9.17, 15) is 0 Å². The topological polar surface area (TPSA) is 45.6 Å². The molecule has 114 valence electrons. The normalized spacial score (nSPS) is 11.0. The predicted molar refractivity (Wildman–Crippen MR) is 85.9 cm³/mol. The van der Waals surface area contributed by atoms with Crippen molar-refractivity contribution in [1.29, 1.82) is 0 Å². The van der Waals surface area contributed by atoms with Crippen molar-refractivity contribution in [3.05, 3.63) is 45.4 Å². The Balaban J connectivity index is 1.86. The quantitative estimate of drug-likeness (QED) is 0.809. The molecule has 6 heteroatoms. The van der Waals surface area contributed by atoms with Crippen molar-refractivity contribution in [2.75, 3.05) is 19.7 Å². The SMILES string of the molecule is CCN(CCO)Cc1csc(COc2ccc(Cl)cc2)n1. The van der Waals surface area contributed by atoms with Crippen molar-refractivity contribution in [2.45, 2.75) is 20.1 Å². The van der Waals surface area contributed by atoms with Crippen LogP contribution < -0.4 is 4.74 Å². The van der Waals surface area contributed by atoms with Crippen molar-refractivity contribution in [1.82, 2.24) is 9.88 Å². The van der Waals surface area contributed by atoms with Crippen LogP contribution in [0.1, 0.15) is 17.6 Å². The monoisotopic (exact) mass is 326 g/mol. The lowest BCUT2D eigenvalue weighted by Gasteiger charge is -2.17. The van der Waals surface area contributed by atoms with E-state index in [0.29, 0.717) is 18.2 Å². The molecule has 0 spiro atoms. The van der Waals surface area contributed by atoms with E-state index in [1.165, 1.54) is 0 Å². The summed E-state index contributed by atoms with van der Waals surface area (Å²) in [6, 6.07) is 7.30. The maximum absolute atomic E-state index is 8.99. The van der Waals surface area contributed by atoms with Gasteiger partial charge in [0.1, 0.15) is 17.4 Å². The second kappa shape index (κ2) is 8.34. The number of aliphatic hydroxyl groups is 1. The number of aromatic nitrogens is 1. The fraction of sp³-hybridized carbons (Fsp3) is 0.400. The molecule has 0 aliphatic heterocycles. The van der Waals surface area contributed by atoms with Gasteiger partial charge >= 0.3 is 0 Å². The average molecular weight is 327 g/mol. The third kappa shape index (κ3) is 5.28. The Morgan fingerprint density at radius 1 is 1.33 bits per heavy atom. The van der Waals surface area contributed by atoms with Crippen LogP contribution in [0.25, 0.3) is 0 Å². The van der Waals surface area contributed by atoms with E-state index in [4.69, 9.17) is 21.4 Å². The first-order valence-corrected chi connectivity index (χ1v) is 8.12. The molecule has 2 rings (SSSR count). The highest BCUT2D eigenvalue weighted by molar-refractivity contribution is 7.09. The number of hydrogen-bond donors (Lipinski definition) is 1. The van der Waals surface area contributed by atoms with Crippen LogP contribution >= 0.6 is 22.9 Å². The molecule has 1 N–H and O–H groups in total. The molecule has 0 aliphatic rings. The molecule has 0 atom stereocenters. The number of ether oxygens (including phenoxy) is 1. The summed E-state index contributed by atoms with van der Waals surface area (Å²) in [5.74, 6) is 0.784. The number of halogens is 1. The molecule has 1 aromatic heterocycles. The van der Waals surface area contributed by atoms with Crippen molar-refractivity contribution < 1.29 is 9.84 Å². The van der Waals surface area contributed by atoms with Crippen LogP contribution in [-0.4, -0.2) is 34.7 Å². The summed E-state index contributed by atoms with van der Waals surface area (Å²) in [6.07, 6.45) is 0. The van der Waals surface area contributed by atoms with Crippen LogP contribution in [0, 0.1) is 0 Å². The van der Waals surface area contributed by atoms with Gasteiger partial charge in [-0.2, -0.15) is 0 Å². The van der Waals surface area contributed by atoms with Gasteiger partial charge in [-0.1, -0.05) is 18.5 Å². The molecule has 0 saturated heterocycles. The molecule has 4 nitrogen and oxygen atoms in total. The van der Waals surface area contributed by atoms with E-state index in [0.717, 1.165) is 29.5 Å². The number of hydrogen-bond acceptors (Lipinski definition) is 5. The molecule has 1 heterocycles. The first-order valence-electron chi connectivity index (χ1n) is 6.86. The van der Waals surface area contributed by atoms with Crippen LogP contribution in [0.3, 0.4) is 0 Å². The smallest absolute Gasteiger partial charge is 0.140 e. The standard InChI is InChI=1S/C15H19ClN2O2S/c1-2-18(7-8-19)9-13-11-21-15(17-13)10-20-14-5-3-12(16)4-6-14/h3-6,11,19H,2,7-10H2,1H3. The van der Waals surface area contributed by atoms with Gasteiger partial charge in [-0.05, 0) is 30.8 Å². The Bertz CT molecular complexity index is 545. The number of aliphatic hydroxyl groups excluding tert-OH is 1. The van der Waals surface area contributed by atoms with Crippen LogP contribution in [0.4, 0.5) is 0 Å². The lowest BCUT2D eigenvalue weighted by Crippen LogP contribution is -2.26. The Kier molecular flexibility index (Phi) is 6.45. The van der Waals surface area contributed by atoms with E-state index in [2.05, 4.69) is 16.8 Å². The molecule has 0 unspecified atom stereocenters. The minimum Gasteiger partial charge on any atom is -0.486 e. The first kappa shape index (κ1) is 16.2. The summed E-state index contributed by atoms with van der Waals surface area (Å²) < 4.78 is 5.67. The molecular formula is C15H19ClN2O2S. The zero-order valence-electron chi connectivity index (χ0n) is 12.0. The Morgan fingerprint density at radius 3 is 2.76 bits per heavy atom. The van der Waals surface area contributed by atoms with E-state index < -0.39 is 0 Å². The largest absolute Gasteiger partial charge is 0.486 e. The summed E-state index contributed by atoms with van der Waals surface area (Å²) in [6.45, 7) is 5.03. The van der Waals surface area contributed by atoms with Crippen LogP contribution in [0.5, 0.6) is 5.75 Å². The van der Waals surface area contributed by atoms with Gasteiger partial charge in [-0.3, -0.25) is 4.90 Å². The third-order valence-electron chi connectivity index (χ3n) is 3.02. The number of thiazole rings is 1. The summed E-state index contributed by atoms with van der Waals surface area (Å²) in [4.78, 5) is 6.71. The van der Waals surface area contributed by atoms with Gasteiger partial charge in [0.15, 0.2) is 0 Å². The van der Waals surface area contributed by atoms with Gasteiger partial charge < -0.3 is 9.84 Å². The second-order valence-electron chi connectivity index (χ2n) is 4.57. The highest BCUT2D eigenvalue weighted by atomic mass is 35.5. The minimum atomic E-state index is 0.171. The Morgan fingerprint density at radius 2 is 2.10 bits per heavy atom. The van der Waals surface area contributed by atoms with Gasteiger partial charge in [0.2, 0.25) is 0 Å². The van der Waals surface area contributed by atoms with Gasteiger partial charge in [0.25, 0.3) is 0 Å². The van der Waals surface area contributed by atoms with Gasteiger partial charge in [-0.25, -0.2) is 4.98 Å². The highest BCUT2D eigenvalue weighted by Crippen LogP contribution is 2.18. The molecule has 1 aromatic carbocycles. The van der Waals surface area contributed by atoms with Crippen molar-refractivity contribution >= 4 is 22.9 Å². The summed E-state index contributed by atoms with van der Waals surface area (Å²) in [5.41, 5.74) is 1.02. The number of rotatable bonds is 8.